The van der Waals surface area contributed by atoms with E-state index < -0.39 is 0 Å². The summed E-state index contributed by atoms with van der Waals surface area (Å²) in [7, 11) is 0. The fourth-order valence-corrected chi connectivity index (χ4v) is 2.83. The Balaban J connectivity index is 1.70. The van der Waals surface area contributed by atoms with Crippen LogP contribution in [0.2, 0.25) is 0 Å². The van der Waals surface area contributed by atoms with E-state index >= 15 is 0 Å². The number of rotatable bonds is 2. The summed E-state index contributed by atoms with van der Waals surface area (Å²) in [6.07, 6.45) is 2.87. The van der Waals surface area contributed by atoms with Gasteiger partial charge in [0.15, 0.2) is 0 Å². The Bertz CT molecular complexity index is 401. The smallest absolute Gasteiger partial charge is 0.0399 e. The Labute approximate surface area is 104 Å². The van der Waals surface area contributed by atoms with E-state index in [9.17, 15) is 0 Å². The van der Waals surface area contributed by atoms with Crippen molar-refractivity contribution >= 4 is 5.69 Å². The minimum atomic E-state index is 0.927. The lowest BCUT2D eigenvalue weighted by molar-refractivity contribution is 0.248. The molecule has 1 heterocycles. The van der Waals surface area contributed by atoms with Gasteiger partial charge in [0.1, 0.15) is 0 Å². The molecule has 0 N–H and O–H groups in total. The van der Waals surface area contributed by atoms with Crippen LogP contribution >= 0.6 is 0 Å². The Kier molecular flexibility index (Phi) is 2.83. The predicted octanol–water partition coefficient (Wildman–Crippen LogP) is 2.59. The van der Waals surface area contributed by atoms with Crippen molar-refractivity contribution in [3.8, 4) is 0 Å². The molecule has 1 saturated heterocycles. The van der Waals surface area contributed by atoms with Gasteiger partial charge in [0.05, 0.1) is 0 Å². The first-order chi connectivity index (χ1) is 8.24. The van der Waals surface area contributed by atoms with Crippen LogP contribution in [0.3, 0.4) is 0 Å². The Hall–Kier alpha value is -1.02. The molecule has 0 radical (unpaired) electrons. The summed E-state index contributed by atoms with van der Waals surface area (Å²) in [5.74, 6) is 0. The lowest BCUT2D eigenvalue weighted by atomic mass is 10.1. The van der Waals surface area contributed by atoms with E-state index in [1.54, 1.807) is 0 Å². The lowest BCUT2D eigenvalue weighted by Gasteiger charge is -2.37. The normalized spacial score (nSPS) is 21.9. The van der Waals surface area contributed by atoms with Gasteiger partial charge in [0.2, 0.25) is 0 Å². The van der Waals surface area contributed by atoms with Gasteiger partial charge in [0, 0.05) is 37.9 Å². The Morgan fingerprint density at radius 2 is 1.71 bits per heavy atom. The summed E-state index contributed by atoms with van der Waals surface area (Å²) < 4.78 is 0. The molecule has 1 aliphatic heterocycles. The van der Waals surface area contributed by atoms with Crippen molar-refractivity contribution in [2.24, 2.45) is 0 Å². The Morgan fingerprint density at radius 1 is 1.00 bits per heavy atom. The van der Waals surface area contributed by atoms with Gasteiger partial charge in [-0.15, -0.1) is 0 Å². The van der Waals surface area contributed by atoms with E-state index in [4.69, 9.17) is 0 Å². The minimum Gasteiger partial charge on any atom is -0.369 e. The fraction of sp³-hybridized carbons (Fsp3) is 0.600. The minimum absolute atomic E-state index is 0.927. The molecule has 0 spiro atoms. The van der Waals surface area contributed by atoms with Gasteiger partial charge in [-0.1, -0.05) is 12.1 Å². The molecular weight excluding hydrogens is 208 g/mol. The third-order valence-corrected chi connectivity index (χ3v) is 4.08. The highest BCUT2D eigenvalue weighted by molar-refractivity contribution is 5.55. The van der Waals surface area contributed by atoms with Gasteiger partial charge >= 0.3 is 0 Å². The highest BCUT2D eigenvalue weighted by Crippen LogP contribution is 2.29. The second kappa shape index (κ2) is 4.34. The highest BCUT2D eigenvalue weighted by atomic mass is 15.3. The molecule has 1 aliphatic carbocycles. The fourth-order valence-electron chi connectivity index (χ4n) is 2.83. The number of benzene rings is 1. The first-order valence-electron chi connectivity index (χ1n) is 6.80. The second-order valence-electron chi connectivity index (χ2n) is 5.54. The first kappa shape index (κ1) is 11.1. The molecule has 2 fully saturated rings. The van der Waals surface area contributed by atoms with Crippen LogP contribution in [0.4, 0.5) is 5.69 Å². The van der Waals surface area contributed by atoms with Crippen LogP contribution in [0.15, 0.2) is 18.2 Å². The average Bonchev–Trinajstić information content (AvgIpc) is 3.17. The zero-order valence-electron chi connectivity index (χ0n) is 10.9. The molecule has 17 heavy (non-hydrogen) atoms. The van der Waals surface area contributed by atoms with E-state index in [2.05, 4.69) is 41.8 Å². The third kappa shape index (κ3) is 2.32. The summed E-state index contributed by atoms with van der Waals surface area (Å²) in [5, 5.41) is 0. The quantitative estimate of drug-likeness (QED) is 0.770. The molecular formula is C15H22N2. The molecule has 3 rings (SSSR count). The summed E-state index contributed by atoms with van der Waals surface area (Å²) in [4.78, 5) is 5.23. The van der Waals surface area contributed by atoms with Crippen molar-refractivity contribution < 1.29 is 0 Å². The maximum Gasteiger partial charge on any atom is 0.0399 e. The van der Waals surface area contributed by atoms with E-state index in [1.807, 2.05) is 0 Å². The molecule has 2 aliphatic rings. The van der Waals surface area contributed by atoms with Crippen molar-refractivity contribution in [1.82, 2.24) is 4.90 Å². The molecule has 1 aromatic carbocycles. The molecule has 1 aromatic rings. The summed E-state index contributed by atoms with van der Waals surface area (Å²) in [6, 6.07) is 7.72. The van der Waals surface area contributed by atoms with Gasteiger partial charge in [0.25, 0.3) is 0 Å². The number of nitrogens with zero attached hydrogens (tertiary/aromatic N) is 2. The monoisotopic (exact) mass is 230 g/mol. The van der Waals surface area contributed by atoms with Crippen LogP contribution < -0.4 is 4.90 Å². The number of hydrogen-bond donors (Lipinski definition) is 0. The van der Waals surface area contributed by atoms with E-state index in [1.165, 1.54) is 55.8 Å². The maximum atomic E-state index is 2.67. The van der Waals surface area contributed by atoms with Crippen molar-refractivity contribution in [3.63, 3.8) is 0 Å². The van der Waals surface area contributed by atoms with Crippen LogP contribution in [-0.2, 0) is 0 Å². The number of piperazine rings is 1. The molecule has 2 heteroatoms. The Morgan fingerprint density at radius 3 is 2.35 bits per heavy atom. The van der Waals surface area contributed by atoms with Gasteiger partial charge in [-0.05, 0) is 43.9 Å². The topological polar surface area (TPSA) is 6.48 Å². The van der Waals surface area contributed by atoms with Crippen LogP contribution in [0.5, 0.6) is 0 Å². The number of hydrogen-bond acceptors (Lipinski definition) is 2. The summed E-state index contributed by atoms with van der Waals surface area (Å²) >= 11 is 0. The third-order valence-electron chi connectivity index (χ3n) is 4.08. The standard InChI is InChI=1S/C15H22N2/c1-12-3-4-13(2)15(11-12)17-9-7-16(8-10-17)14-5-6-14/h3-4,11,14H,5-10H2,1-2H3. The summed E-state index contributed by atoms with van der Waals surface area (Å²) in [5.41, 5.74) is 4.23. The molecule has 0 bridgehead atoms. The molecule has 2 nitrogen and oxygen atoms in total. The highest BCUT2D eigenvalue weighted by Gasteiger charge is 2.31. The van der Waals surface area contributed by atoms with E-state index in [-0.39, 0.29) is 0 Å². The van der Waals surface area contributed by atoms with E-state index in [0.29, 0.717) is 0 Å². The average molecular weight is 230 g/mol. The number of anilines is 1. The van der Waals surface area contributed by atoms with Crippen molar-refractivity contribution in [1.29, 1.82) is 0 Å². The molecule has 1 saturated carbocycles. The SMILES string of the molecule is Cc1ccc(C)c(N2CCN(C3CC3)CC2)c1. The zero-order valence-corrected chi connectivity index (χ0v) is 10.9. The van der Waals surface area contributed by atoms with Crippen LogP contribution in [-0.4, -0.2) is 37.1 Å². The first-order valence-corrected chi connectivity index (χ1v) is 6.80. The largest absolute Gasteiger partial charge is 0.369 e. The predicted molar refractivity (Wildman–Crippen MR) is 72.7 cm³/mol. The molecule has 92 valence electrons. The van der Waals surface area contributed by atoms with Gasteiger partial charge < -0.3 is 4.90 Å². The van der Waals surface area contributed by atoms with E-state index in [0.717, 1.165) is 6.04 Å². The lowest BCUT2D eigenvalue weighted by Crippen LogP contribution is -2.47. The van der Waals surface area contributed by atoms with Crippen LogP contribution in [0.25, 0.3) is 0 Å². The molecule has 0 aromatic heterocycles. The maximum absolute atomic E-state index is 2.67. The molecule has 0 unspecified atom stereocenters. The van der Waals surface area contributed by atoms with Crippen molar-refractivity contribution in [2.45, 2.75) is 32.7 Å². The van der Waals surface area contributed by atoms with Crippen molar-refractivity contribution in [2.75, 3.05) is 31.1 Å². The zero-order chi connectivity index (χ0) is 11.8. The number of aryl methyl sites for hydroxylation is 2. The molecule has 0 atom stereocenters. The summed E-state index contributed by atoms with van der Waals surface area (Å²) in [6.45, 7) is 9.29. The van der Waals surface area contributed by atoms with Gasteiger partial charge in [-0.3, -0.25) is 4.90 Å². The molecule has 0 amide bonds. The van der Waals surface area contributed by atoms with Crippen LogP contribution in [0, 0.1) is 13.8 Å². The van der Waals surface area contributed by atoms with Gasteiger partial charge in [-0.2, -0.15) is 0 Å². The van der Waals surface area contributed by atoms with Crippen molar-refractivity contribution in [3.05, 3.63) is 29.3 Å². The van der Waals surface area contributed by atoms with Crippen LogP contribution in [0.1, 0.15) is 24.0 Å². The van der Waals surface area contributed by atoms with Gasteiger partial charge in [-0.25, -0.2) is 0 Å². The second-order valence-corrected chi connectivity index (χ2v) is 5.54.